The largest absolute Gasteiger partial charge is 0.312 e. The Morgan fingerprint density at radius 1 is 1.24 bits per heavy atom. The molecule has 1 aromatic heterocycles. The summed E-state index contributed by atoms with van der Waals surface area (Å²) in [7, 11) is -3.46. The van der Waals surface area contributed by atoms with Gasteiger partial charge < -0.3 is 4.57 Å². The molecule has 0 bridgehead atoms. The van der Waals surface area contributed by atoms with Gasteiger partial charge in [0.15, 0.2) is 14.6 Å². The molecule has 0 atom stereocenters. The molecule has 2 aromatic carbocycles. The zero-order valence-corrected chi connectivity index (χ0v) is 18.6. The van der Waals surface area contributed by atoms with Crippen LogP contribution in [0.15, 0.2) is 58.9 Å². The maximum Gasteiger partial charge on any atom is 0.279 e. The number of carbonyl (C=O) groups is 1. The molecule has 0 fully saturated rings. The molecule has 0 spiro atoms. The number of thiazole rings is 1. The summed E-state index contributed by atoms with van der Waals surface area (Å²) in [6, 6.07) is 10.3. The Kier molecular flexibility index (Phi) is 5.91. The van der Waals surface area contributed by atoms with Crippen molar-refractivity contribution < 1.29 is 13.2 Å². The number of benzene rings is 2. The molecule has 0 radical (unpaired) electrons. The average Bonchev–Trinajstić information content (AvgIpc) is 3.00. The molecule has 5 nitrogen and oxygen atoms in total. The van der Waals surface area contributed by atoms with Gasteiger partial charge in [-0.2, -0.15) is 4.99 Å². The number of fused-ring (bicyclic) bond motifs is 1. The van der Waals surface area contributed by atoms with E-state index in [1.807, 2.05) is 18.4 Å². The number of hydrogen-bond donors (Lipinski definition) is 0. The molecule has 3 aromatic rings. The van der Waals surface area contributed by atoms with Crippen LogP contribution in [0.1, 0.15) is 35.3 Å². The summed E-state index contributed by atoms with van der Waals surface area (Å²) in [6.45, 7) is 11.6. The van der Waals surface area contributed by atoms with E-state index in [0.717, 1.165) is 21.3 Å². The van der Waals surface area contributed by atoms with Crippen LogP contribution in [0.2, 0.25) is 0 Å². The van der Waals surface area contributed by atoms with Gasteiger partial charge in [-0.25, -0.2) is 8.42 Å². The maximum atomic E-state index is 12.9. The van der Waals surface area contributed by atoms with Crippen molar-refractivity contribution in [1.82, 2.24) is 4.57 Å². The third-order valence-electron chi connectivity index (χ3n) is 4.65. The average molecular weight is 429 g/mol. The molecule has 152 valence electrons. The lowest BCUT2D eigenvalue weighted by Gasteiger charge is -2.08. The number of aromatic nitrogens is 1. The van der Waals surface area contributed by atoms with Crippen molar-refractivity contribution in [2.75, 3.05) is 0 Å². The molecule has 0 saturated carbocycles. The monoisotopic (exact) mass is 428 g/mol. The van der Waals surface area contributed by atoms with E-state index in [1.54, 1.807) is 32.1 Å². The van der Waals surface area contributed by atoms with Crippen molar-refractivity contribution in [1.29, 1.82) is 0 Å². The second-order valence-corrected chi connectivity index (χ2v) is 10.7. The van der Waals surface area contributed by atoms with Gasteiger partial charge in [0.25, 0.3) is 5.91 Å². The van der Waals surface area contributed by atoms with Crippen LogP contribution in [-0.4, -0.2) is 24.1 Å². The predicted molar refractivity (Wildman–Crippen MR) is 118 cm³/mol. The minimum atomic E-state index is -3.46. The Labute approximate surface area is 175 Å². The van der Waals surface area contributed by atoms with Gasteiger partial charge in [-0.05, 0) is 63.1 Å². The van der Waals surface area contributed by atoms with Crippen LogP contribution in [-0.2, 0) is 16.4 Å². The Balaban J connectivity index is 2.15. The smallest absolute Gasteiger partial charge is 0.279 e. The van der Waals surface area contributed by atoms with Crippen LogP contribution in [0.25, 0.3) is 10.2 Å². The van der Waals surface area contributed by atoms with Crippen molar-refractivity contribution >= 4 is 37.3 Å². The zero-order chi connectivity index (χ0) is 21.3. The second-order valence-electron chi connectivity index (χ2n) is 7.25. The fourth-order valence-corrected chi connectivity index (χ4v) is 5.32. The fraction of sp³-hybridized carbons (Fsp3) is 0.273. The predicted octanol–water partition coefficient (Wildman–Crippen LogP) is 4.43. The maximum absolute atomic E-state index is 12.9. The molecule has 0 aliphatic heterocycles. The standard InChI is InChI=1S/C22H24N2O3S2/c1-6-10-24-19-12-15(4)11-16(5)20(19)28-22(24)23-21(25)17-8-7-9-18(13-17)29(26,27)14(2)3/h6-9,11-14H,1,10H2,2-5H3. The summed E-state index contributed by atoms with van der Waals surface area (Å²) in [5.41, 5.74) is 3.52. The third-order valence-corrected chi connectivity index (χ3v) is 8.04. The highest BCUT2D eigenvalue weighted by Crippen LogP contribution is 2.24. The number of nitrogens with zero attached hydrogens (tertiary/aromatic N) is 2. The molecule has 0 saturated heterocycles. The van der Waals surface area contributed by atoms with Gasteiger partial charge >= 0.3 is 0 Å². The van der Waals surface area contributed by atoms with Crippen LogP contribution in [0.4, 0.5) is 0 Å². The van der Waals surface area contributed by atoms with Crippen molar-refractivity contribution in [2.45, 2.75) is 44.4 Å². The first-order chi connectivity index (χ1) is 13.6. The molecular formula is C22H24N2O3S2. The van der Waals surface area contributed by atoms with Crippen molar-refractivity contribution in [3.8, 4) is 0 Å². The Bertz CT molecular complexity index is 1280. The van der Waals surface area contributed by atoms with Crippen LogP contribution >= 0.6 is 11.3 Å². The summed E-state index contributed by atoms with van der Waals surface area (Å²) in [4.78, 5) is 17.9. The summed E-state index contributed by atoms with van der Waals surface area (Å²) < 4.78 is 27.9. The van der Waals surface area contributed by atoms with Crippen LogP contribution in [0, 0.1) is 13.8 Å². The Morgan fingerprint density at radius 2 is 1.97 bits per heavy atom. The van der Waals surface area contributed by atoms with Crippen LogP contribution in [0.5, 0.6) is 0 Å². The van der Waals surface area contributed by atoms with E-state index in [0.29, 0.717) is 11.3 Å². The number of allylic oxidation sites excluding steroid dienone is 1. The highest BCUT2D eigenvalue weighted by atomic mass is 32.2. The molecule has 7 heteroatoms. The molecule has 3 rings (SSSR count). The van der Waals surface area contributed by atoms with Crippen molar-refractivity contribution in [3.63, 3.8) is 0 Å². The van der Waals surface area contributed by atoms with E-state index in [9.17, 15) is 13.2 Å². The first kappa shape index (κ1) is 21.2. The summed E-state index contributed by atoms with van der Waals surface area (Å²) in [6.07, 6.45) is 1.77. The first-order valence-corrected chi connectivity index (χ1v) is 11.7. The molecule has 1 amide bonds. The van der Waals surface area contributed by atoms with E-state index in [1.165, 1.54) is 23.5 Å². The molecular weight excluding hydrogens is 404 g/mol. The Morgan fingerprint density at radius 3 is 2.62 bits per heavy atom. The van der Waals surface area contributed by atoms with Gasteiger partial charge in [0, 0.05) is 12.1 Å². The lowest BCUT2D eigenvalue weighted by atomic mass is 10.1. The molecule has 1 heterocycles. The van der Waals surface area contributed by atoms with Crippen LogP contribution < -0.4 is 4.80 Å². The van der Waals surface area contributed by atoms with Gasteiger partial charge in [-0.15, -0.1) is 6.58 Å². The molecule has 0 unspecified atom stereocenters. The molecule has 0 aliphatic carbocycles. The van der Waals surface area contributed by atoms with Gasteiger partial charge in [-0.1, -0.05) is 29.5 Å². The summed E-state index contributed by atoms with van der Waals surface area (Å²) in [5.74, 6) is -0.468. The lowest BCUT2D eigenvalue weighted by Crippen LogP contribution is -2.17. The van der Waals surface area contributed by atoms with Gasteiger partial charge in [-0.3, -0.25) is 4.79 Å². The highest BCUT2D eigenvalue weighted by molar-refractivity contribution is 7.92. The fourth-order valence-electron chi connectivity index (χ4n) is 3.13. The van der Waals surface area contributed by atoms with Gasteiger partial charge in [0.1, 0.15) is 0 Å². The van der Waals surface area contributed by atoms with E-state index in [2.05, 4.69) is 23.7 Å². The minimum absolute atomic E-state index is 0.135. The summed E-state index contributed by atoms with van der Waals surface area (Å²) >= 11 is 1.45. The zero-order valence-electron chi connectivity index (χ0n) is 17.0. The van der Waals surface area contributed by atoms with Crippen LogP contribution in [0.3, 0.4) is 0 Å². The molecule has 0 aliphatic rings. The van der Waals surface area contributed by atoms with E-state index in [-0.39, 0.29) is 10.5 Å². The van der Waals surface area contributed by atoms with E-state index >= 15 is 0 Å². The van der Waals surface area contributed by atoms with Crippen molar-refractivity contribution in [3.05, 3.63) is 70.5 Å². The second kappa shape index (κ2) is 8.08. The Hall–Kier alpha value is -2.51. The number of aryl methyl sites for hydroxylation is 2. The minimum Gasteiger partial charge on any atom is -0.312 e. The topological polar surface area (TPSA) is 68.5 Å². The first-order valence-electron chi connectivity index (χ1n) is 9.29. The highest BCUT2D eigenvalue weighted by Gasteiger charge is 2.20. The van der Waals surface area contributed by atoms with Crippen molar-refractivity contribution in [2.24, 2.45) is 4.99 Å². The normalized spacial score (nSPS) is 12.7. The summed E-state index contributed by atoms with van der Waals surface area (Å²) in [5, 5.41) is -0.562. The number of sulfone groups is 1. The van der Waals surface area contributed by atoms with E-state index < -0.39 is 21.0 Å². The number of amides is 1. The SMILES string of the molecule is C=CCn1c(=NC(=O)c2cccc(S(=O)(=O)C(C)C)c2)sc2c(C)cc(C)cc21. The quantitative estimate of drug-likeness (QED) is 0.565. The molecule has 0 N–H and O–H groups in total. The number of rotatable bonds is 5. The van der Waals surface area contributed by atoms with Gasteiger partial charge in [0.2, 0.25) is 0 Å². The van der Waals surface area contributed by atoms with E-state index in [4.69, 9.17) is 0 Å². The number of hydrogen-bond acceptors (Lipinski definition) is 4. The van der Waals surface area contributed by atoms with Gasteiger partial charge in [0.05, 0.1) is 20.4 Å². The molecule has 29 heavy (non-hydrogen) atoms. The third kappa shape index (κ3) is 4.11. The number of carbonyl (C=O) groups excluding carboxylic acids is 1. The lowest BCUT2D eigenvalue weighted by molar-refractivity contribution is 0.0997.